The first-order valence-electron chi connectivity index (χ1n) is 10.3. The van der Waals surface area contributed by atoms with Gasteiger partial charge in [0.15, 0.2) is 0 Å². The Morgan fingerprint density at radius 2 is 1.55 bits per heavy atom. The van der Waals surface area contributed by atoms with Gasteiger partial charge in [0.2, 0.25) is 5.91 Å². The van der Waals surface area contributed by atoms with E-state index in [1.54, 1.807) is 42.5 Å². The third kappa shape index (κ3) is 5.33. The lowest BCUT2D eigenvalue weighted by atomic mass is 9.97. The van der Waals surface area contributed by atoms with Gasteiger partial charge in [-0.15, -0.1) is 0 Å². The number of aryl methyl sites for hydroxylation is 2. The highest BCUT2D eigenvalue weighted by atomic mass is 32.2. The van der Waals surface area contributed by atoms with Crippen LogP contribution in [0, 0.1) is 13.8 Å². The van der Waals surface area contributed by atoms with Gasteiger partial charge in [0.05, 0.1) is 16.6 Å². The Morgan fingerprint density at radius 1 is 0.935 bits per heavy atom. The minimum Gasteiger partial charge on any atom is -0.348 e. The molecule has 1 amide bonds. The summed E-state index contributed by atoms with van der Waals surface area (Å²) in [7, 11) is -3.90. The molecule has 1 N–H and O–H groups in total. The number of hydrogen-bond donors (Lipinski definition) is 1. The Morgan fingerprint density at radius 3 is 2.13 bits per heavy atom. The summed E-state index contributed by atoms with van der Waals surface area (Å²) in [6, 6.07) is 22.8. The first-order chi connectivity index (χ1) is 14.8. The van der Waals surface area contributed by atoms with Crippen molar-refractivity contribution in [3.05, 3.63) is 95.6 Å². The Labute approximate surface area is 184 Å². The van der Waals surface area contributed by atoms with E-state index in [-0.39, 0.29) is 23.4 Å². The number of rotatable bonds is 8. The predicted octanol–water partition coefficient (Wildman–Crippen LogP) is 4.77. The van der Waals surface area contributed by atoms with Gasteiger partial charge >= 0.3 is 0 Å². The number of nitrogens with one attached hydrogen (secondary N) is 1. The second-order valence-electron chi connectivity index (χ2n) is 7.55. The molecule has 0 aromatic heterocycles. The van der Waals surface area contributed by atoms with Crippen LogP contribution in [0.25, 0.3) is 0 Å². The summed E-state index contributed by atoms with van der Waals surface area (Å²) in [5, 5.41) is 3.02. The van der Waals surface area contributed by atoms with E-state index in [0.717, 1.165) is 21.0 Å². The maximum absolute atomic E-state index is 13.3. The fraction of sp³-hybridized carbons (Fsp3) is 0.240. The van der Waals surface area contributed by atoms with Crippen molar-refractivity contribution in [2.45, 2.75) is 38.1 Å². The van der Waals surface area contributed by atoms with Crippen LogP contribution in [0.5, 0.6) is 0 Å². The minimum atomic E-state index is -3.90. The number of hydrogen-bond acceptors (Lipinski definition) is 3. The van der Waals surface area contributed by atoms with Crippen molar-refractivity contribution in [1.82, 2.24) is 5.32 Å². The molecule has 0 radical (unpaired) electrons. The number of anilines is 1. The van der Waals surface area contributed by atoms with E-state index in [1.807, 2.05) is 39.0 Å². The van der Waals surface area contributed by atoms with Crippen LogP contribution in [-0.2, 0) is 14.8 Å². The molecule has 162 valence electrons. The number of nitrogens with zero attached hydrogens (tertiary/aromatic N) is 1. The summed E-state index contributed by atoms with van der Waals surface area (Å²) >= 11 is 0. The van der Waals surface area contributed by atoms with Gasteiger partial charge in [0, 0.05) is 0 Å². The topological polar surface area (TPSA) is 66.5 Å². The number of para-hydroxylation sites is 1. The second kappa shape index (κ2) is 9.79. The molecule has 0 unspecified atom stereocenters. The molecular weight excluding hydrogens is 408 g/mol. The van der Waals surface area contributed by atoms with E-state index in [2.05, 4.69) is 11.4 Å². The Bertz CT molecular complexity index is 1130. The molecule has 0 aliphatic rings. The van der Waals surface area contributed by atoms with Crippen molar-refractivity contribution in [3.8, 4) is 0 Å². The lowest BCUT2D eigenvalue weighted by Gasteiger charge is -2.26. The van der Waals surface area contributed by atoms with Crippen LogP contribution < -0.4 is 9.62 Å². The second-order valence-corrected chi connectivity index (χ2v) is 9.41. The molecule has 0 bridgehead atoms. The van der Waals surface area contributed by atoms with Crippen molar-refractivity contribution in [3.63, 3.8) is 0 Å². The van der Waals surface area contributed by atoms with Crippen LogP contribution in [0.15, 0.2) is 83.8 Å². The van der Waals surface area contributed by atoms with E-state index < -0.39 is 10.0 Å². The van der Waals surface area contributed by atoms with Crippen LogP contribution in [0.2, 0.25) is 0 Å². The van der Waals surface area contributed by atoms with Gasteiger partial charge in [-0.05, 0) is 55.7 Å². The molecule has 5 nitrogen and oxygen atoms in total. The van der Waals surface area contributed by atoms with E-state index in [4.69, 9.17) is 0 Å². The van der Waals surface area contributed by atoms with E-state index >= 15 is 0 Å². The SMILES string of the molecule is CC[C@H](NC(=O)CN(c1ccccc1)S(=O)(=O)c1ccccc1)c1ccc(C)cc1C. The molecular formula is C25H28N2O3S. The summed E-state index contributed by atoms with van der Waals surface area (Å²) in [6.45, 7) is 5.75. The van der Waals surface area contributed by atoms with Crippen molar-refractivity contribution in [2.75, 3.05) is 10.8 Å². The third-order valence-corrected chi connectivity index (χ3v) is 6.99. The lowest BCUT2D eigenvalue weighted by molar-refractivity contribution is -0.120. The smallest absolute Gasteiger partial charge is 0.264 e. The Balaban J connectivity index is 1.88. The van der Waals surface area contributed by atoms with Gasteiger partial charge < -0.3 is 5.32 Å². The molecule has 0 fully saturated rings. The zero-order chi connectivity index (χ0) is 22.4. The van der Waals surface area contributed by atoms with Crippen LogP contribution in [0.1, 0.15) is 36.1 Å². The van der Waals surface area contributed by atoms with Gasteiger partial charge in [-0.2, -0.15) is 0 Å². The fourth-order valence-corrected chi connectivity index (χ4v) is 5.06. The summed E-state index contributed by atoms with van der Waals surface area (Å²) < 4.78 is 27.8. The highest BCUT2D eigenvalue weighted by molar-refractivity contribution is 7.92. The van der Waals surface area contributed by atoms with Gasteiger partial charge in [0.25, 0.3) is 10.0 Å². The zero-order valence-electron chi connectivity index (χ0n) is 18.1. The molecule has 0 aliphatic heterocycles. The van der Waals surface area contributed by atoms with E-state index in [9.17, 15) is 13.2 Å². The minimum absolute atomic E-state index is 0.146. The van der Waals surface area contributed by atoms with Gasteiger partial charge in [-0.3, -0.25) is 9.10 Å². The molecule has 31 heavy (non-hydrogen) atoms. The van der Waals surface area contributed by atoms with Gasteiger partial charge in [-0.25, -0.2) is 8.42 Å². The van der Waals surface area contributed by atoms with Crippen LogP contribution in [0.3, 0.4) is 0 Å². The fourth-order valence-electron chi connectivity index (χ4n) is 3.62. The van der Waals surface area contributed by atoms with E-state index in [1.165, 1.54) is 12.1 Å². The molecule has 0 saturated heterocycles. The van der Waals surface area contributed by atoms with Crippen molar-refractivity contribution < 1.29 is 13.2 Å². The molecule has 0 spiro atoms. The molecule has 3 aromatic rings. The summed E-state index contributed by atoms with van der Waals surface area (Å²) in [4.78, 5) is 13.2. The number of carbonyl (C=O) groups is 1. The highest BCUT2D eigenvalue weighted by Gasteiger charge is 2.27. The van der Waals surface area contributed by atoms with Gasteiger partial charge in [0.1, 0.15) is 6.54 Å². The average molecular weight is 437 g/mol. The highest BCUT2D eigenvalue weighted by Crippen LogP contribution is 2.25. The first-order valence-corrected chi connectivity index (χ1v) is 11.8. The molecule has 3 aromatic carbocycles. The quantitative estimate of drug-likeness (QED) is 0.553. The number of sulfonamides is 1. The van der Waals surface area contributed by atoms with Crippen LogP contribution in [-0.4, -0.2) is 20.9 Å². The normalized spacial score (nSPS) is 12.2. The van der Waals surface area contributed by atoms with Crippen LogP contribution in [0.4, 0.5) is 5.69 Å². The number of benzene rings is 3. The van der Waals surface area contributed by atoms with Crippen LogP contribution >= 0.6 is 0 Å². The molecule has 6 heteroatoms. The largest absolute Gasteiger partial charge is 0.348 e. The third-order valence-electron chi connectivity index (χ3n) is 5.21. The molecule has 0 saturated carbocycles. The summed E-state index contributed by atoms with van der Waals surface area (Å²) in [5.41, 5.74) is 3.75. The summed E-state index contributed by atoms with van der Waals surface area (Å²) in [6.07, 6.45) is 0.701. The molecule has 1 atom stereocenters. The Kier molecular flexibility index (Phi) is 7.13. The lowest BCUT2D eigenvalue weighted by Crippen LogP contribution is -2.42. The number of amides is 1. The number of carbonyl (C=O) groups excluding carboxylic acids is 1. The van der Waals surface area contributed by atoms with E-state index in [0.29, 0.717) is 12.1 Å². The molecule has 3 rings (SSSR count). The first kappa shape index (κ1) is 22.6. The predicted molar refractivity (Wildman–Crippen MR) is 125 cm³/mol. The van der Waals surface area contributed by atoms with Gasteiger partial charge in [-0.1, -0.05) is 67.1 Å². The summed E-state index contributed by atoms with van der Waals surface area (Å²) in [5.74, 6) is -0.352. The maximum Gasteiger partial charge on any atom is 0.264 e. The average Bonchev–Trinajstić information content (AvgIpc) is 2.77. The van der Waals surface area contributed by atoms with Crippen molar-refractivity contribution in [2.24, 2.45) is 0 Å². The van der Waals surface area contributed by atoms with Crippen molar-refractivity contribution in [1.29, 1.82) is 0 Å². The molecule has 0 heterocycles. The van der Waals surface area contributed by atoms with Crippen molar-refractivity contribution >= 4 is 21.6 Å². The standard InChI is InChI=1S/C25H28N2O3S/c1-4-24(23-16-15-19(2)17-20(23)3)26-25(28)18-27(21-11-7-5-8-12-21)31(29,30)22-13-9-6-10-14-22/h5-17,24H,4,18H2,1-3H3,(H,26,28)/t24-/m0/s1. The maximum atomic E-state index is 13.3. The monoisotopic (exact) mass is 436 g/mol. The molecule has 0 aliphatic carbocycles. The Hall–Kier alpha value is -3.12. The zero-order valence-corrected chi connectivity index (χ0v) is 18.9.